The smallest absolute Gasteiger partial charge is 0.0886 e. The molecule has 1 atom stereocenters. The number of allylic oxidation sites excluding steroid dienone is 1. The van der Waals surface area contributed by atoms with E-state index in [0.29, 0.717) is 4.75 Å². The van der Waals surface area contributed by atoms with Crippen LogP contribution in [0.25, 0.3) is 0 Å². The molecule has 2 heteroatoms. The Morgan fingerprint density at radius 1 is 1.25 bits per heavy atom. The molecule has 1 unspecified atom stereocenters. The summed E-state index contributed by atoms with van der Waals surface area (Å²) in [7, 11) is 0. The summed E-state index contributed by atoms with van der Waals surface area (Å²) in [6, 6.07) is 0. The molecule has 1 heterocycles. The molecule has 0 N–H and O–H groups in total. The molecule has 1 saturated heterocycles. The van der Waals surface area contributed by atoms with Gasteiger partial charge in [0.25, 0.3) is 0 Å². The average molecular weight is 240 g/mol. The van der Waals surface area contributed by atoms with E-state index in [1.54, 1.807) is 0 Å². The lowest BCUT2D eigenvalue weighted by molar-refractivity contribution is 0.226. The van der Waals surface area contributed by atoms with Crippen molar-refractivity contribution in [1.29, 1.82) is 0 Å². The van der Waals surface area contributed by atoms with Gasteiger partial charge in [0.1, 0.15) is 0 Å². The number of thioether (sulfide) groups is 1. The quantitative estimate of drug-likeness (QED) is 0.527. The Morgan fingerprint density at radius 2 is 2.06 bits per heavy atom. The van der Waals surface area contributed by atoms with Crippen LogP contribution in [0.1, 0.15) is 58.3 Å². The zero-order chi connectivity index (χ0) is 11.3. The topological polar surface area (TPSA) is 9.23 Å². The van der Waals surface area contributed by atoms with Gasteiger partial charge in [0.05, 0.1) is 12.9 Å². The van der Waals surface area contributed by atoms with Gasteiger partial charge in [0, 0.05) is 4.75 Å². The van der Waals surface area contributed by atoms with E-state index in [-0.39, 0.29) is 0 Å². The maximum Gasteiger partial charge on any atom is 0.0886 e. The van der Waals surface area contributed by atoms with Gasteiger partial charge in [-0.1, -0.05) is 13.3 Å². The fraction of sp³-hybridized carbons (Fsp3) is 0.857. The van der Waals surface area contributed by atoms with Gasteiger partial charge in [-0.15, -0.1) is 0 Å². The van der Waals surface area contributed by atoms with Crippen LogP contribution >= 0.6 is 11.8 Å². The summed E-state index contributed by atoms with van der Waals surface area (Å²) in [5, 5.41) is 0. The minimum atomic E-state index is 0.505. The highest BCUT2D eigenvalue weighted by Gasteiger charge is 2.28. The molecule has 0 bridgehead atoms. The molecule has 1 nitrogen and oxygen atoms in total. The molecule has 0 spiro atoms. The van der Waals surface area contributed by atoms with Crippen molar-refractivity contribution in [3.8, 4) is 0 Å². The van der Waals surface area contributed by atoms with Crippen LogP contribution < -0.4 is 0 Å². The van der Waals surface area contributed by atoms with Crippen LogP contribution in [0.3, 0.4) is 0 Å². The van der Waals surface area contributed by atoms with Crippen LogP contribution in [0.2, 0.25) is 0 Å². The molecule has 2 fully saturated rings. The van der Waals surface area contributed by atoms with Crippen molar-refractivity contribution >= 4 is 11.8 Å². The molecule has 0 radical (unpaired) electrons. The number of rotatable bonds is 4. The Hall–Kier alpha value is -0.110. The summed E-state index contributed by atoms with van der Waals surface area (Å²) in [4.78, 5) is 0. The van der Waals surface area contributed by atoms with E-state index in [4.69, 9.17) is 4.74 Å². The van der Waals surface area contributed by atoms with Gasteiger partial charge in [0.2, 0.25) is 0 Å². The lowest BCUT2D eigenvalue weighted by Gasteiger charge is -2.22. The van der Waals surface area contributed by atoms with Crippen molar-refractivity contribution in [2.75, 3.05) is 12.4 Å². The van der Waals surface area contributed by atoms with E-state index in [9.17, 15) is 0 Å². The van der Waals surface area contributed by atoms with Crippen LogP contribution in [0.5, 0.6) is 0 Å². The predicted octanol–water partition coefficient (Wildman–Crippen LogP) is 4.53. The van der Waals surface area contributed by atoms with Gasteiger partial charge < -0.3 is 4.74 Å². The molecule has 1 saturated carbocycles. The highest BCUT2D eigenvalue weighted by atomic mass is 32.2. The molecule has 1 aliphatic heterocycles. The lowest BCUT2D eigenvalue weighted by Crippen LogP contribution is -2.17. The molecule has 0 aromatic carbocycles. The zero-order valence-corrected chi connectivity index (χ0v) is 11.3. The van der Waals surface area contributed by atoms with Crippen molar-refractivity contribution in [2.24, 2.45) is 0 Å². The van der Waals surface area contributed by atoms with Crippen molar-refractivity contribution < 1.29 is 4.74 Å². The average Bonchev–Trinajstić information content (AvgIpc) is 2.74. The second kappa shape index (κ2) is 6.00. The van der Waals surface area contributed by atoms with Gasteiger partial charge >= 0.3 is 0 Å². The van der Waals surface area contributed by atoms with Gasteiger partial charge in [-0.05, 0) is 56.3 Å². The zero-order valence-electron chi connectivity index (χ0n) is 10.5. The third-order valence-corrected chi connectivity index (χ3v) is 5.39. The van der Waals surface area contributed by atoms with Crippen LogP contribution in [0.15, 0.2) is 11.8 Å². The highest BCUT2D eigenvalue weighted by molar-refractivity contribution is 8.00. The Labute approximate surface area is 104 Å². The molecule has 1 aliphatic carbocycles. The van der Waals surface area contributed by atoms with Crippen molar-refractivity contribution in [3.63, 3.8) is 0 Å². The summed E-state index contributed by atoms with van der Waals surface area (Å²) in [5.41, 5.74) is 1.54. The van der Waals surface area contributed by atoms with Crippen LogP contribution in [0, 0.1) is 0 Å². The molecule has 0 aromatic heterocycles. The van der Waals surface area contributed by atoms with E-state index in [0.717, 1.165) is 6.61 Å². The number of ether oxygens (including phenoxy) is 1. The predicted molar refractivity (Wildman–Crippen MR) is 71.8 cm³/mol. The maximum absolute atomic E-state index is 5.72. The van der Waals surface area contributed by atoms with Gasteiger partial charge in [-0.3, -0.25) is 0 Å². The molecule has 16 heavy (non-hydrogen) atoms. The molecule has 92 valence electrons. The minimum absolute atomic E-state index is 0.505. The molecular formula is C14H24OS. The van der Waals surface area contributed by atoms with E-state index in [2.05, 4.69) is 24.9 Å². The van der Waals surface area contributed by atoms with Crippen molar-refractivity contribution in [3.05, 3.63) is 11.8 Å². The van der Waals surface area contributed by atoms with E-state index >= 15 is 0 Å². The molecular weight excluding hydrogens is 216 g/mol. The summed E-state index contributed by atoms with van der Waals surface area (Å²) in [6.45, 7) is 3.30. The fourth-order valence-corrected chi connectivity index (χ4v) is 3.91. The Bertz CT molecular complexity index is 233. The minimum Gasteiger partial charge on any atom is -0.501 e. The Morgan fingerprint density at radius 3 is 2.75 bits per heavy atom. The van der Waals surface area contributed by atoms with Gasteiger partial charge in [-0.2, -0.15) is 11.8 Å². The second-order valence-electron chi connectivity index (χ2n) is 5.36. The summed E-state index contributed by atoms with van der Waals surface area (Å²) in [5.74, 6) is 1.34. The lowest BCUT2D eigenvalue weighted by atomic mass is 9.96. The van der Waals surface area contributed by atoms with Crippen molar-refractivity contribution in [2.45, 2.75) is 63.0 Å². The van der Waals surface area contributed by atoms with Crippen LogP contribution in [-0.2, 0) is 4.74 Å². The Balaban J connectivity index is 1.63. The Kier molecular flexibility index (Phi) is 4.63. The molecule has 0 amide bonds. The summed E-state index contributed by atoms with van der Waals surface area (Å²) in [6.07, 6.45) is 12.7. The third-order valence-electron chi connectivity index (χ3n) is 3.80. The van der Waals surface area contributed by atoms with E-state index in [1.165, 1.54) is 62.7 Å². The first-order valence-electron chi connectivity index (χ1n) is 6.72. The van der Waals surface area contributed by atoms with E-state index < -0.39 is 0 Å². The first-order valence-corrected chi connectivity index (χ1v) is 7.71. The SMILES string of the molecule is CC1(CCOC=C2CCCCC2)CCCS1. The first kappa shape index (κ1) is 12.3. The van der Waals surface area contributed by atoms with Crippen LogP contribution in [0.4, 0.5) is 0 Å². The highest BCUT2D eigenvalue weighted by Crippen LogP contribution is 2.40. The summed E-state index contributed by atoms with van der Waals surface area (Å²) < 4.78 is 6.23. The number of hydrogen-bond acceptors (Lipinski definition) is 2. The third kappa shape index (κ3) is 3.73. The molecule has 2 aliphatic rings. The molecule has 2 rings (SSSR count). The van der Waals surface area contributed by atoms with Crippen molar-refractivity contribution in [1.82, 2.24) is 0 Å². The monoisotopic (exact) mass is 240 g/mol. The van der Waals surface area contributed by atoms with Gasteiger partial charge in [0.15, 0.2) is 0 Å². The molecule has 0 aromatic rings. The maximum atomic E-state index is 5.72. The normalized spacial score (nSPS) is 30.4. The fourth-order valence-electron chi connectivity index (χ4n) is 2.61. The van der Waals surface area contributed by atoms with Gasteiger partial charge in [-0.25, -0.2) is 0 Å². The first-order chi connectivity index (χ1) is 7.79. The second-order valence-corrected chi connectivity index (χ2v) is 7.04. The summed E-state index contributed by atoms with van der Waals surface area (Å²) >= 11 is 2.13. The number of hydrogen-bond donors (Lipinski definition) is 0. The largest absolute Gasteiger partial charge is 0.501 e. The van der Waals surface area contributed by atoms with E-state index in [1.807, 2.05) is 0 Å². The standard InChI is InChI=1S/C14H24OS/c1-14(8-5-11-16-14)9-10-15-12-13-6-3-2-4-7-13/h12H,2-11H2,1H3. The van der Waals surface area contributed by atoms with Crippen LogP contribution in [-0.4, -0.2) is 17.1 Å².